The van der Waals surface area contributed by atoms with Gasteiger partial charge in [0.05, 0.1) is 0 Å². The molecule has 0 fully saturated rings. The van der Waals surface area contributed by atoms with Gasteiger partial charge in [0.2, 0.25) is 0 Å². The summed E-state index contributed by atoms with van der Waals surface area (Å²) in [6, 6.07) is 7.87. The highest BCUT2D eigenvalue weighted by Gasteiger charge is 2.11. The number of aldehydes is 1. The number of aromatic nitrogens is 3. The van der Waals surface area contributed by atoms with Gasteiger partial charge in [-0.05, 0) is 30.7 Å². The molecule has 94 valence electrons. The van der Waals surface area contributed by atoms with Gasteiger partial charge in [-0.25, -0.2) is 4.39 Å². The molecule has 4 nitrogen and oxygen atoms in total. The van der Waals surface area contributed by atoms with Gasteiger partial charge in [0.15, 0.2) is 17.8 Å². The minimum absolute atomic E-state index is 0.336. The fourth-order valence-electron chi connectivity index (χ4n) is 2.07. The summed E-state index contributed by atoms with van der Waals surface area (Å²) in [4.78, 5) is 10.9. The van der Waals surface area contributed by atoms with Crippen molar-refractivity contribution in [1.82, 2.24) is 14.6 Å². The highest BCUT2D eigenvalue weighted by atomic mass is 19.1. The number of rotatable bonds is 2. The molecule has 5 heteroatoms. The van der Waals surface area contributed by atoms with E-state index in [9.17, 15) is 9.18 Å². The lowest BCUT2D eigenvalue weighted by Crippen LogP contribution is -1.95. The van der Waals surface area contributed by atoms with Crippen molar-refractivity contribution in [2.24, 2.45) is 0 Å². The molecule has 2 aromatic heterocycles. The summed E-state index contributed by atoms with van der Waals surface area (Å²) in [6.07, 6.45) is 2.41. The Morgan fingerprint density at radius 3 is 2.84 bits per heavy atom. The van der Waals surface area contributed by atoms with Crippen LogP contribution in [0, 0.1) is 12.7 Å². The van der Waals surface area contributed by atoms with Gasteiger partial charge in [-0.2, -0.15) is 0 Å². The van der Waals surface area contributed by atoms with Gasteiger partial charge in [-0.1, -0.05) is 12.1 Å². The van der Waals surface area contributed by atoms with Crippen molar-refractivity contribution in [3.8, 4) is 11.4 Å². The van der Waals surface area contributed by atoms with Crippen molar-refractivity contribution in [3.63, 3.8) is 0 Å². The van der Waals surface area contributed by atoms with Crippen molar-refractivity contribution in [3.05, 3.63) is 53.5 Å². The molecule has 0 atom stereocenters. The first-order valence-corrected chi connectivity index (χ1v) is 5.75. The molecule has 0 spiro atoms. The Hall–Kier alpha value is -2.56. The third kappa shape index (κ3) is 1.89. The quantitative estimate of drug-likeness (QED) is 0.661. The summed E-state index contributed by atoms with van der Waals surface area (Å²) in [5.41, 5.74) is 2.65. The number of hydrogen-bond donors (Lipinski definition) is 0. The highest BCUT2D eigenvalue weighted by Crippen LogP contribution is 2.21. The van der Waals surface area contributed by atoms with Crippen LogP contribution in [-0.2, 0) is 0 Å². The van der Waals surface area contributed by atoms with E-state index >= 15 is 0 Å². The first-order chi connectivity index (χ1) is 9.19. The van der Waals surface area contributed by atoms with Crippen LogP contribution in [-0.4, -0.2) is 20.9 Å². The Labute approximate surface area is 108 Å². The second kappa shape index (κ2) is 4.28. The lowest BCUT2D eigenvalue weighted by atomic mass is 10.2. The molecule has 0 amide bonds. The van der Waals surface area contributed by atoms with Gasteiger partial charge in [0.25, 0.3) is 0 Å². The number of pyridine rings is 1. The maximum absolute atomic E-state index is 13.3. The number of hydrogen-bond acceptors (Lipinski definition) is 3. The molecule has 1 aromatic carbocycles. The van der Waals surface area contributed by atoms with Crippen LogP contribution in [0.5, 0.6) is 0 Å². The van der Waals surface area contributed by atoms with E-state index in [1.807, 2.05) is 6.92 Å². The molecule has 0 saturated carbocycles. The van der Waals surface area contributed by atoms with E-state index in [1.54, 1.807) is 28.8 Å². The number of benzene rings is 1. The molecule has 0 bridgehead atoms. The van der Waals surface area contributed by atoms with Crippen molar-refractivity contribution in [1.29, 1.82) is 0 Å². The molecule has 0 aliphatic rings. The normalized spacial score (nSPS) is 10.8. The molecule has 3 aromatic rings. The third-order valence-corrected chi connectivity index (χ3v) is 2.93. The monoisotopic (exact) mass is 255 g/mol. The molecule has 0 N–H and O–H groups in total. The van der Waals surface area contributed by atoms with Crippen LogP contribution in [0.15, 0.2) is 36.5 Å². The second-order valence-corrected chi connectivity index (χ2v) is 4.30. The third-order valence-electron chi connectivity index (χ3n) is 2.93. The Morgan fingerprint density at radius 1 is 1.26 bits per heavy atom. The highest BCUT2D eigenvalue weighted by molar-refractivity contribution is 5.76. The standard InChI is InChI=1S/C14H10FN3O/c1-9-5-10(8-19)7-18-13(9)16-17-14(18)11-3-2-4-12(15)6-11/h2-8H,1H3. The lowest BCUT2D eigenvalue weighted by molar-refractivity contribution is 0.112. The van der Waals surface area contributed by atoms with Crippen LogP contribution in [0.4, 0.5) is 4.39 Å². The van der Waals surface area contributed by atoms with Crippen molar-refractivity contribution in [2.75, 3.05) is 0 Å². The van der Waals surface area contributed by atoms with E-state index in [1.165, 1.54) is 12.1 Å². The largest absolute Gasteiger partial charge is 0.298 e. The molecule has 0 aliphatic carbocycles. The first kappa shape index (κ1) is 11.5. The fourth-order valence-corrected chi connectivity index (χ4v) is 2.07. The predicted molar refractivity (Wildman–Crippen MR) is 68.5 cm³/mol. The SMILES string of the molecule is Cc1cc(C=O)cn2c(-c3cccc(F)c3)nnc12. The zero-order valence-electron chi connectivity index (χ0n) is 10.2. The average Bonchev–Trinajstić information content (AvgIpc) is 2.83. The minimum Gasteiger partial charge on any atom is -0.298 e. The van der Waals surface area contributed by atoms with E-state index in [0.717, 1.165) is 11.8 Å². The maximum atomic E-state index is 13.3. The van der Waals surface area contributed by atoms with Gasteiger partial charge >= 0.3 is 0 Å². The van der Waals surface area contributed by atoms with Crippen LogP contribution in [0.1, 0.15) is 15.9 Å². The Kier molecular flexibility index (Phi) is 2.59. The zero-order chi connectivity index (χ0) is 13.4. The van der Waals surface area contributed by atoms with Gasteiger partial charge in [-0.15, -0.1) is 10.2 Å². The average molecular weight is 255 g/mol. The Balaban J connectivity index is 2.30. The molecule has 0 saturated heterocycles. The van der Waals surface area contributed by atoms with Crippen LogP contribution in [0.2, 0.25) is 0 Å². The summed E-state index contributed by atoms with van der Waals surface area (Å²) in [5.74, 6) is 0.179. The number of nitrogens with zero attached hydrogens (tertiary/aromatic N) is 3. The Bertz CT molecular complexity index is 779. The van der Waals surface area contributed by atoms with Gasteiger partial charge in [0, 0.05) is 17.3 Å². The fraction of sp³-hybridized carbons (Fsp3) is 0.0714. The van der Waals surface area contributed by atoms with E-state index in [-0.39, 0.29) is 5.82 Å². The van der Waals surface area contributed by atoms with E-state index < -0.39 is 0 Å². The van der Waals surface area contributed by atoms with Crippen LogP contribution < -0.4 is 0 Å². The summed E-state index contributed by atoms with van der Waals surface area (Å²) >= 11 is 0. The number of aryl methyl sites for hydroxylation is 1. The van der Waals surface area contributed by atoms with Crippen molar-refractivity contribution >= 4 is 11.9 Å². The lowest BCUT2D eigenvalue weighted by Gasteiger charge is -2.03. The van der Waals surface area contributed by atoms with Crippen molar-refractivity contribution in [2.45, 2.75) is 6.92 Å². The maximum Gasteiger partial charge on any atom is 0.168 e. The van der Waals surface area contributed by atoms with Crippen LogP contribution >= 0.6 is 0 Å². The minimum atomic E-state index is -0.336. The zero-order valence-corrected chi connectivity index (χ0v) is 10.2. The number of carbonyl (C=O) groups excluding carboxylic acids is 1. The summed E-state index contributed by atoms with van der Waals surface area (Å²) in [7, 11) is 0. The van der Waals surface area contributed by atoms with Gasteiger partial charge < -0.3 is 0 Å². The summed E-state index contributed by atoms with van der Waals surface area (Å²) in [6.45, 7) is 1.85. The molecule has 3 rings (SSSR count). The number of fused-ring (bicyclic) bond motifs is 1. The second-order valence-electron chi connectivity index (χ2n) is 4.30. The molecule has 2 heterocycles. The van der Waals surface area contributed by atoms with Gasteiger partial charge in [0.1, 0.15) is 5.82 Å². The number of halogens is 1. The molecule has 0 unspecified atom stereocenters. The number of carbonyl (C=O) groups is 1. The van der Waals surface area contributed by atoms with E-state index in [4.69, 9.17) is 0 Å². The van der Waals surface area contributed by atoms with Crippen LogP contribution in [0.25, 0.3) is 17.0 Å². The van der Waals surface area contributed by atoms with E-state index in [2.05, 4.69) is 10.2 Å². The van der Waals surface area contributed by atoms with E-state index in [0.29, 0.717) is 22.6 Å². The molecule has 0 radical (unpaired) electrons. The summed E-state index contributed by atoms with van der Waals surface area (Å²) in [5, 5.41) is 8.15. The summed E-state index contributed by atoms with van der Waals surface area (Å²) < 4.78 is 15.0. The smallest absolute Gasteiger partial charge is 0.168 e. The predicted octanol–water partition coefficient (Wildman–Crippen LogP) is 2.66. The molecule has 0 aliphatic heterocycles. The van der Waals surface area contributed by atoms with Crippen molar-refractivity contribution < 1.29 is 9.18 Å². The molecular weight excluding hydrogens is 245 g/mol. The van der Waals surface area contributed by atoms with Gasteiger partial charge in [-0.3, -0.25) is 9.20 Å². The molecular formula is C14H10FN3O. The van der Waals surface area contributed by atoms with Crippen LogP contribution in [0.3, 0.4) is 0 Å². The molecule has 19 heavy (non-hydrogen) atoms. The first-order valence-electron chi connectivity index (χ1n) is 5.75. The topological polar surface area (TPSA) is 47.3 Å². The Morgan fingerprint density at radius 2 is 2.11 bits per heavy atom.